The first-order valence-electron chi connectivity index (χ1n) is 5.56. The molecule has 1 aromatic rings. The van der Waals surface area contributed by atoms with Gasteiger partial charge in [0.1, 0.15) is 11.8 Å². The molecule has 0 bridgehead atoms. The van der Waals surface area contributed by atoms with Gasteiger partial charge in [-0.2, -0.15) is 0 Å². The van der Waals surface area contributed by atoms with E-state index >= 15 is 0 Å². The van der Waals surface area contributed by atoms with Crippen LogP contribution in [0.25, 0.3) is 0 Å². The molecule has 0 radical (unpaired) electrons. The number of amides is 1. The summed E-state index contributed by atoms with van der Waals surface area (Å²) in [5.74, 6) is -0.788. The van der Waals surface area contributed by atoms with Gasteiger partial charge in [-0.3, -0.25) is 4.79 Å². The Hall–Kier alpha value is -1.85. The van der Waals surface area contributed by atoms with Crippen LogP contribution in [0.15, 0.2) is 10.6 Å². The Morgan fingerprint density at radius 3 is 2.88 bits per heavy atom. The van der Waals surface area contributed by atoms with Crippen LogP contribution in [-0.2, 0) is 4.79 Å². The third kappa shape index (κ3) is 2.30. The Kier molecular flexibility index (Phi) is 3.12. The molecule has 0 aromatic carbocycles. The lowest BCUT2D eigenvalue weighted by Gasteiger charge is -2.32. The molecule has 6 heteroatoms. The summed E-state index contributed by atoms with van der Waals surface area (Å²) < 4.78 is 4.83. The molecule has 1 unspecified atom stereocenters. The standard InChI is InChI=1S/C11H14N2O4/c1-7-6-8(12-17-7)10(14)13-5-3-2-4-9(13)11(15)16/h6,9H,2-5H2,1H3,(H,15,16). The van der Waals surface area contributed by atoms with Crippen LogP contribution in [0.4, 0.5) is 0 Å². The van der Waals surface area contributed by atoms with Crippen molar-refractivity contribution < 1.29 is 19.2 Å². The minimum Gasteiger partial charge on any atom is -0.480 e. The van der Waals surface area contributed by atoms with Crippen molar-refractivity contribution in [1.82, 2.24) is 10.1 Å². The van der Waals surface area contributed by atoms with Crippen LogP contribution >= 0.6 is 0 Å². The van der Waals surface area contributed by atoms with Crippen molar-refractivity contribution in [2.45, 2.75) is 32.2 Å². The fourth-order valence-electron chi connectivity index (χ4n) is 2.05. The lowest BCUT2D eigenvalue weighted by atomic mass is 10.0. The van der Waals surface area contributed by atoms with Crippen molar-refractivity contribution in [3.05, 3.63) is 17.5 Å². The smallest absolute Gasteiger partial charge is 0.326 e. The normalized spacial score (nSPS) is 20.3. The summed E-state index contributed by atoms with van der Waals surface area (Å²) in [6.07, 6.45) is 2.16. The van der Waals surface area contributed by atoms with Crippen LogP contribution in [0, 0.1) is 6.92 Å². The molecule has 1 fully saturated rings. The predicted molar refractivity (Wildman–Crippen MR) is 57.6 cm³/mol. The first kappa shape index (κ1) is 11.6. The molecule has 1 aromatic heterocycles. The fraction of sp³-hybridized carbons (Fsp3) is 0.545. The van der Waals surface area contributed by atoms with Crippen molar-refractivity contribution >= 4 is 11.9 Å². The van der Waals surface area contributed by atoms with E-state index < -0.39 is 12.0 Å². The molecular weight excluding hydrogens is 224 g/mol. The number of carbonyl (C=O) groups excluding carboxylic acids is 1. The number of piperidine rings is 1. The second kappa shape index (κ2) is 4.57. The van der Waals surface area contributed by atoms with Crippen LogP contribution in [0.2, 0.25) is 0 Å². The van der Waals surface area contributed by atoms with Gasteiger partial charge in [0.25, 0.3) is 5.91 Å². The number of nitrogens with zero attached hydrogens (tertiary/aromatic N) is 2. The molecule has 0 aliphatic carbocycles. The zero-order valence-corrected chi connectivity index (χ0v) is 9.55. The summed E-state index contributed by atoms with van der Waals surface area (Å²) in [5.41, 5.74) is 0.177. The van der Waals surface area contributed by atoms with E-state index in [1.165, 1.54) is 11.0 Å². The Labute approximate surface area is 98.2 Å². The molecular formula is C11H14N2O4. The number of aryl methyl sites for hydroxylation is 1. The Morgan fingerprint density at radius 1 is 1.53 bits per heavy atom. The number of likely N-dealkylation sites (tertiary alicyclic amines) is 1. The maximum atomic E-state index is 12.1. The Morgan fingerprint density at radius 2 is 2.29 bits per heavy atom. The molecule has 1 atom stereocenters. The SMILES string of the molecule is Cc1cc(C(=O)N2CCCCC2C(=O)O)no1. The van der Waals surface area contributed by atoms with Crippen LogP contribution in [0.5, 0.6) is 0 Å². The summed E-state index contributed by atoms with van der Waals surface area (Å²) >= 11 is 0. The zero-order valence-electron chi connectivity index (χ0n) is 9.55. The van der Waals surface area contributed by atoms with E-state index in [1.54, 1.807) is 6.92 Å². The van der Waals surface area contributed by atoms with Gasteiger partial charge in [-0.25, -0.2) is 4.79 Å². The highest BCUT2D eigenvalue weighted by Crippen LogP contribution is 2.19. The third-order valence-corrected chi connectivity index (χ3v) is 2.90. The quantitative estimate of drug-likeness (QED) is 0.832. The van der Waals surface area contributed by atoms with Crippen LogP contribution < -0.4 is 0 Å². The number of rotatable bonds is 2. The molecule has 6 nitrogen and oxygen atoms in total. The average molecular weight is 238 g/mol. The molecule has 2 rings (SSSR count). The van der Waals surface area contributed by atoms with Crippen LogP contribution in [0.1, 0.15) is 35.5 Å². The minimum absolute atomic E-state index is 0.177. The van der Waals surface area contributed by atoms with Gasteiger partial charge in [-0.1, -0.05) is 5.16 Å². The molecule has 2 heterocycles. The van der Waals surface area contributed by atoms with E-state index in [2.05, 4.69) is 5.16 Å². The van der Waals surface area contributed by atoms with E-state index in [1.807, 2.05) is 0 Å². The summed E-state index contributed by atoms with van der Waals surface area (Å²) in [7, 11) is 0. The van der Waals surface area contributed by atoms with Crippen LogP contribution in [-0.4, -0.2) is 39.6 Å². The average Bonchev–Trinajstić information content (AvgIpc) is 2.75. The van der Waals surface area contributed by atoms with Gasteiger partial charge in [0.15, 0.2) is 5.69 Å². The van der Waals surface area contributed by atoms with Crippen molar-refractivity contribution in [3.63, 3.8) is 0 Å². The predicted octanol–water partition coefficient (Wildman–Crippen LogP) is 1.06. The van der Waals surface area contributed by atoms with Gasteiger partial charge in [0.05, 0.1) is 0 Å². The molecule has 92 valence electrons. The Balaban J connectivity index is 2.19. The summed E-state index contributed by atoms with van der Waals surface area (Å²) in [6, 6.07) is 0.781. The zero-order chi connectivity index (χ0) is 12.4. The largest absolute Gasteiger partial charge is 0.480 e. The fourth-order valence-corrected chi connectivity index (χ4v) is 2.05. The maximum Gasteiger partial charge on any atom is 0.326 e. The first-order valence-corrected chi connectivity index (χ1v) is 5.56. The van der Waals surface area contributed by atoms with E-state index in [4.69, 9.17) is 9.63 Å². The number of carbonyl (C=O) groups is 2. The number of carboxylic acids is 1. The molecule has 1 amide bonds. The summed E-state index contributed by atoms with van der Waals surface area (Å²) in [6.45, 7) is 2.15. The van der Waals surface area contributed by atoms with Crippen molar-refractivity contribution in [2.24, 2.45) is 0 Å². The molecule has 1 saturated heterocycles. The second-order valence-corrected chi connectivity index (χ2v) is 4.17. The van der Waals surface area contributed by atoms with Gasteiger partial charge in [0, 0.05) is 12.6 Å². The van der Waals surface area contributed by atoms with E-state index in [9.17, 15) is 9.59 Å². The van der Waals surface area contributed by atoms with Gasteiger partial charge >= 0.3 is 5.97 Å². The Bertz CT molecular complexity index is 440. The number of aromatic nitrogens is 1. The number of carboxylic acid groups (broad SMARTS) is 1. The lowest BCUT2D eigenvalue weighted by Crippen LogP contribution is -2.48. The van der Waals surface area contributed by atoms with Gasteiger partial charge in [-0.05, 0) is 26.2 Å². The first-order chi connectivity index (χ1) is 8.09. The summed E-state index contributed by atoms with van der Waals surface area (Å²) in [5, 5.41) is 12.7. The van der Waals surface area contributed by atoms with E-state index in [0.29, 0.717) is 18.7 Å². The van der Waals surface area contributed by atoms with Crippen molar-refractivity contribution in [3.8, 4) is 0 Å². The number of aliphatic carboxylic acids is 1. The highest BCUT2D eigenvalue weighted by Gasteiger charge is 2.33. The second-order valence-electron chi connectivity index (χ2n) is 4.17. The van der Waals surface area contributed by atoms with Crippen molar-refractivity contribution in [2.75, 3.05) is 6.54 Å². The number of hydrogen-bond donors (Lipinski definition) is 1. The van der Waals surface area contributed by atoms with Gasteiger partial charge in [0.2, 0.25) is 0 Å². The van der Waals surface area contributed by atoms with Crippen molar-refractivity contribution in [1.29, 1.82) is 0 Å². The van der Waals surface area contributed by atoms with E-state index in [0.717, 1.165) is 12.8 Å². The minimum atomic E-state index is -0.960. The number of hydrogen-bond acceptors (Lipinski definition) is 4. The summed E-state index contributed by atoms with van der Waals surface area (Å²) in [4.78, 5) is 24.5. The van der Waals surface area contributed by atoms with Gasteiger partial charge in [-0.15, -0.1) is 0 Å². The molecule has 0 saturated carbocycles. The molecule has 17 heavy (non-hydrogen) atoms. The molecule has 1 aliphatic heterocycles. The topological polar surface area (TPSA) is 83.6 Å². The third-order valence-electron chi connectivity index (χ3n) is 2.90. The highest BCUT2D eigenvalue weighted by atomic mass is 16.5. The maximum absolute atomic E-state index is 12.1. The van der Waals surface area contributed by atoms with Crippen LogP contribution in [0.3, 0.4) is 0 Å². The molecule has 1 N–H and O–H groups in total. The highest BCUT2D eigenvalue weighted by molar-refractivity contribution is 5.95. The van der Waals surface area contributed by atoms with Gasteiger partial charge < -0.3 is 14.5 Å². The lowest BCUT2D eigenvalue weighted by molar-refractivity contribution is -0.143. The monoisotopic (exact) mass is 238 g/mol. The molecule has 0 spiro atoms. The molecule has 1 aliphatic rings. The van der Waals surface area contributed by atoms with E-state index in [-0.39, 0.29) is 11.6 Å².